The largest absolute Gasteiger partial charge is 0.334 e. The Morgan fingerprint density at radius 1 is 1.31 bits per heavy atom. The molecular weight excluding hydrogens is 382 g/mol. The Bertz CT molecular complexity index is 1070. The van der Waals surface area contributed by atoms with Gasteiger partial charge in [0.25, 0.3) is 12.3 Å². The summed E-state index contributed by atoms with van der Waals surface area (Å²) in [5.41, 5.74) is 0.414. The fraction of sp³-hybridized carbons (Fsp3) is 0.444. The third kappa shape index (κ3) is 3.11. The van der Waals surface area contributed by atoms with Gasteiger partial charge in [-0.1, -0.05) is 0 Å². The van der Waals surface area contributed by atoms with Crippen molar-refractivity contribution in [3.05, 3.63) is 35.9 Å². The molecule has 3 fully saturated rings. The quantitative estimate of drug-likeness (QED) is 0.689. The van der Waals surface area contributed by atoms with Crippen LogP contribution in [0.15, 0.2) is 24.5 Å². The van der Waals surface area contributed by atoms with Gasteiger partial charge >= 0.3 is 0 Å². The Kier molecular flexibility index (Phi) is 4.19. The maximum absolute atomic E-state index is 13.2. The van der Waals surface area contributed by atoms with E-state index in [9.17, 15) is 13.6 Å². The summed E-state index contributed by atoms with van der Waals surface area (Å²) in [6.07, 6.45) is 2.46. The summed E-state index contributed by atoms with van der Waals surface area (Å²) in [6, 6.07) is 4.07. The molecule has 6 heterocycles. The number of alkyl halides is 2. The third-order valence-corrected chi connectivity index (χ3v) is 5.54. The van der Waals surface area contributed by atoms with Crippen molar-refractivity contribution in [2.45, 2.75) is 31.4 Å². The van der Waals surface area contributed by atoms with Crippen LogP contribution in [0.5, 0.6) is 0 Å². The second-order valence-electron chi connectivity index (χ2n) is 7.46. The summed E-state index contributed by atoms with van der Waals surface area (Å²) in [4.78, 5) is 19.4. The Balaban J connectivity index is 1.45. The lowest BCUT2D eigenvalue weighted by Crippen LogP contribution is -2.61. The summed E-state index contributed by atoms with van der Waals surface area (Å²) in [7, 11) is 1.52. The van der Waals surface area contributed by atoms with E-state index in [0.29, 0.717) is 23.5 Å². The molecule has 6 rings (SSSR count). The number of nitrogens with one attached hydrogen (secondary N) is 2. The molecule has 0 aromatic carbocycles. The first-order valence-electron chi connectivity index (χ1n) is 9.47. The van der Waals surface area contributed by atoms with E-state index < -0.39 is 18.0 Å². The normalized spacial score (nSPS) is 21.3. The molecule has 3 saturated heterocycles. The Morgan fingerprint density at radius 2 is 2.17 bits per heavy atom. The van der Waals surface area contributed by atoms with E-state index in [0.717, 1.165) is 25.9 Å². The summed E-state index contributed by atoms with van der Waals surface area (Å²) in [5.74, 6) is 0.0278. The second kappa shape index (κ2) is 6.76. The van der Waals surface area contributed by atoms with Crippen molar-refractivity contribution < 1.29 is 13.6 Å². The lowest BCUT2D eigenvalue weighted by atomic mass is 9.93. The molecule has 3 aromatic rings. The van der Waals surface area contributed by atoms with Crippen LogP contribution in [0.4, 0.5) is 20.4 Å². The Labute approximate surface area is 164 Å². The molecule has 0 spiro atoms. The van der Waals surface area contributed by atoms with E-state index in [1.807, 2.05) is 0 Å². The molecule has 3 aromatic heterocycles. The van der Waals surface area contributed by atoms with Gasteiger partial charge in [0.1, 0.15) is 5.69 Å². The minimum atomic E-state index is -2.78. The van der Waals surface area contributed by atoms with Crippen molar-refractivity contribution >= 4 is 23.1 Å². The number of hydrogen-bond donors (Lipinski definition) is 2. The lowest BCUT2D eigenvalue weighted by molar-refractivity contribution is 0.101. The molecule has 0 aliphatic carbocycles. The number of carbonyl (C=O) groups is 1. The van der Waals surface area contributed by atoms with Crippen LogP contribution in [0.1, 0.15) is 35.4 Å². The van der Waals surface area contributed by atoms with Crippen LogP contribution in [0, 0.1) is 0 Å². The summed E-state index contributed by atoms with van der Waals surface area (Å²) in [6.45, 7) is 1.72. The molecule has 11 heteroatoms. The molecule has 2 atom stereocenters. The van der Waals surface area contributed by atoms with Gasteiger partial charge in [0.05, 0.1) is 17.4 Å². The van der Waals surface area contributed by atoms with E-state index in [2.05, 4.69) is 30.7 Å². The first kappa shape index (κ1) is 18.0. The number of halogens is 2. The van der Waals surface area contributed by atoms with Gasteiger partial charge in [-0.3, -0.25) is 9.48 Å². The van der Waals surface area contributed by atoms with Gasteiger partial charge in [-0.05, 0) is 25.0 Å². The molecular formula is C18H20F2N8O. The SMILES string of the molecule is Cn1cc(NC(=O)c2ccc3cnc(N4CC5CCC4CN5)nn23)c(C(F)F)n1. The molecule has 2 N–H and O–H groups in total. The molecule has 0 saturated carbocycles. The second-order valence-corrected chi connectivity index (χ2v) is 7.46. The highest BCUT2D eigenvalue weighted by Crippen LogP contribution is 2.27. The van der Waals surface area contributed by atoms with Gasteiger partial charge < -0.3 is 15.5 Å². The number of carbonyl (C=O) groups excluding carboxylic acids is 1. The topological polar surface area (TPSA) is 92.4 Å². The minimum Gasteiger partial charge on any atom is -0.334 e. The van der Waals surface area contributed by atoms with E-state index in [1.54, 1.807) is 18.3 Å². The molecule has 9 nitrogen and oxygen atoms in total. The van der Waals surface area contributed by atoms with Crippen molar-refractivity contribution in [2.24, 2.45) is 7.05 Å². The smallest absolute Gasteiger partial charge is 0.284 e. The average Bonchev–Trinajstić information content (AvgIpc) is 3.31. The predicted octanol–water partition coefficient (Wildman–Crippen LogP) is 1.59. The van der Waals surface area contributed by atoms with Crippen molar-refractivity contribution in [1.82, 2.24) is 29.7 Å². The van der Waals surface area contributed by atoms with Crippen LogP contribution in [0.3, 0.4) is 0 Å². The van der Waals surface area contributed by atoms with Gasteiger partial charge in [0, 0.05) is 38.4 Å². The molecule has 0 radical (unpaired) electrons. The van der Waals surface area contributed by atoms with Crippen LogP contribution in [-0.4, -0.2) is 55.5 Å². The number of piperazine rings is 1. The fourth-order valence-electron chi connectivity index (χ4n) is 4.10. The van der Waals surface area contributed by atoms with Crippen molar-refractivity contribution in [2.75, 3.05) is 23.3 Å². The zero-order valence-electron chi connectivity index (χ0n) is 15.7. The highest BCUT2D eigenvalue weighted by atomic mass is 19.3. The number of aryl methyl sites for hydroxylation is 1. The Morgan fingerprint density at radius 3 is 2.86 bits per heavy atom. The van der Waals surface area contributed by atoms with Crippen LogP contribution >= 0.6 is 0 Å². The third-order valence-electron chi connectivity index (χ3n) is 5.54. The summed E-state index contributed by atoms with van der Waals surface area (Å²) >= 11 is 0. The first-order chi connectivity index (χ1) is 14.0. The van der Waals surface area contributed by atoms with Gasteiger partial charge in [0.2, 0.25) is 5.95 Å². The molecule has 2 bridgehead atoms. The average molecular weight is 402 g/mol. The van der Waals surface area contributed by atoms with Crippen LogP contribution in [0.25, 0.3) is 5.52 Å². The number of rotatable bonds is 4. The van der Waals surface area contributed by atoms with Crippen LogP contribution < -0.4 is 15.5 Å². The molecule has 152 valence electrons. The number of fused-ring (bicyclic) bond motifs is 4. The van der Waals surface area contributed by atoms with Gasteiger partial charge in [0.15, 0.2) is 5.69 Å². The zero-order chi connectivity index (χ0) is 20.1. The highest BCUT2D eigenvalue weighted by Gasteiger charge is 2.35. The van der Waals surface area contributed by atoms with E-state index >= 15 is 0 Å². The maximum atomic E-state index is 13.2. The van der Waals surface area contributed by atoms with E-state index in [-0.39, 0.29) is 11.4 Å². The maximum Gasteiger partial charge on any atom is 0.284 e. The van der Waals surface area contributed by atoms with Gasteiger partial charge in [-0.2, -0.15) is 5.10 Å². The minimum absolute atomic E-state index is 0.0175. The number of nitrogens with zero attached hydrogens (tertiary/aromatic N) is 6. The zero-order valence-corrected chi connectivity index (χ0v) is 15.7. The summed E-state index contributed by atoms with van der Waals surface area (Å²) < 4.78 is 29.1. The number of aromatic nitrogens is 5. The number of amides is 1. The molecule has 1 amide bonds. The number of anilines is 2. The molecule has 3 aliphatic heterocycles. The number of piperidine rings is 2. The van der Waals surface area contributed by atoms with Crippen molar-refractivity contribution in [3.63, 3.8) is 0 Å². The monoisotopic (exact) mass is 402 g/mol. The standard InChI is InChI=1S/C18H20F2N8O/c1-26-9-13(15(24-26)16(19)20)23-17(29)14-5-4-12-7-22-18(25-28(12)14)27-8-10-2-3-11(27)6-21-10/h4-5,7,9-11,16,21H,2-3,6,8H2,1H3,(H,23,29). The van der Waals surface area contributed by atoms with Gasteiger partial charge in [-0.25, -0.2) is 18.3 Å². The van der Waals surface area contributed by atoms with Crippen LogP contribution in [-0.2, 0) is 7.05 Å². The fourth-order valence-corrected chi connectivity index (χ4v) is 4.10. The van der Waals surface area contributed by atoms with Crippen LogP contribution in [0.2, 0.25) is 0 Å². The molecule has 29 heavy (non-hydrogen) atoms. The molecule has 2 unspecified atom stereocenters. The van der Waals surface area contributed by atoms with E-state index in [1.165, 1.54) is 22.4 Å². The van der Waals surface area contributed by atoms with Crippen molar-refractivity contribution in [1.29, 1.82) is 0 Å². The first-order valence-corrected chi connectivity index (χ1v) is 9.47. The highest BCUT2D eigenvalue weighted by molar-refractivity contribution is 6.04. The van der Waals surface area contributed by atoms with Crippen molar-refractivity contribution in [3.8, 4) is 0 Å². The lowest BCUT2D eigenvalue weighted by Gasteiger charge is -2.45. The summed E-state index contributed by atoms with van der Waals surface area (Å²) in [5, 5.41) is 14.3. The van der Waals surface area contributed by atoms with Gasteiger partial charge in [-0.15, -0.1) is 5.10 Å². The number of hydrogen-bond acceptors (Lipinski definition) is 6. The Hall–Kier alpha value is -3.08. The predicted molar refractivity (Wildman–Crippen MR) is 101 cm³/mol. The molecule has 3 aliphatic rings. The van der Waals surface area contributed by atoms with E-state index in [4.69, 9.17) is 0 Å².